The van der Waals surface area contributed by atoms with E-state index in [0.717, 1.165) is 31.6 Å². The molecule has 0 fully saturated rings. The van der Waals surface area contributed by atoms with Crippen molar-refractivity contribution in [3.05, 3.63) is 35.4 Å². The molecule has 0 saturated heterocycles. The molecule has 1 nitrogen and oxygen atoms in total. The number of benzene rings is 1. The number of Topliss-reactive ketones (excluding diaryl/α,β-unsaturated/α-hetero) is 1. The van der Waals surface area contributed by atoms with Gasteiger partial charge in [-0.05, 0) is 49.1 Å². The lowest BCUT2D eigenvalue weighted by atomic mass is 9.99. The minimum atomic E-state index is 0.190. The zero-order chi connectivity index (χ0) is 15.0. The summed E-state index contributed by atoms with van der Waals surface area (Å²) in [5.74, 6) is 1.36. The van der Waals surface area contributed by atoms with E-state index in [1.807, 2.05) is 13.8 Å². The van der Waals surface area contributed by atoms with Gasteiger partial charge in [-0.2, -0.15) is 0 Å². The molecule has 0 spiro atoms. The van der Waals surface area contributed by atoms with Crippen molar-refractivity contribution < 1.29 is 4.79 Å². The Morgan fingerprint density at radius 2 is 1.45 bits per heavy atom. The van der Waals surface area contributed by atoms with Gasteiger partial charge in [0.25, 0.3) is 0 Å². The summed E-state index contributed by atoms with van der Waals surface area (Å²) in [5.41, 5.74) is 2.84. The zero-order valence-electron chi connectivity index (χ0n) is 13.6. The summed E-state index contributed by atoms with van der Waals surface area (Å²) in [5, 5.41) is 0. The van der Waals surface area contributed by atoms with Crippen molar-refractivity contribution in [2.45, 2.75) is 66.2 Å². The third-order valence-corrected chi connectivity index (χ3v) is 3.82. The summed E-state index contributed by atoms with van der Waals surface area (Å²) >= 11 is 0. The van der Waals surface area contributed by atoms with Crippen molar-refractivity contribution in [3.63, 3.8) is 0 Å². The first-order chi connectivity index (χ1) is 9.49. The molecule has 0 heterocycles. The van der Waals surface area contributed by atoms with E-state index in [0.29, 0.717) is 5.78 Å². The molecule has 0 unspecified atom stereocenters. The van der Waals surface area contributed by atoms with Crippen molar-refractivity contribution >= 4 is 5.78 Å². The molecule has 0 aliphatic carbocycles. The van der Waals surface area contributed by atoms with E-state index in [1.165, 1.54) is 24.0 Å². The van der Waals surface area contributed by atoms with Crippen molar-refractivity contribution in [1.29, 1.82) is 0 Å². The van der Waals surface area contributed by atoms with Gasteiger partial charge in [0.05, 0.1) is 0 Å². The lowest BCUT2D eigenvalue weighted by Gasteiger charge is -2.07. The topological polar surface area (TPSA) is 17.1 Å². The second-order valence-corrected chi connectivity index (χ2v) is 6.58. The lowest BCUT2D eigenvalue weighted by Crippen LogP contribution is -2.06. The highest BCUT2D eigenvalue weighted by Gasteiger charge is 2.06. The van der Waals surface area contributed by atoms with Crippen LogP contribution in [0.15, 0.2) is 24.3 Å². The number of aryl methyl sites for hydroxylation is 2. The average Bonchev–Trinajstić information content (AvgIpc) is 2.42. The van der Waals surface area contributed by atoms with Gasteiger partial charge in [-0.1, -0.05) is 52.0 Å². The Labute approximate surface area is 124 Å². The van der Waals surface area contributed by atoms with Gasteiger partial charge >= 0.3 is 0 Å². The van der Waals surface area contributed by atoms with E-state index in [4.69, 9.17) is 0 Å². The number of carbonyl (C=O) groups excluding carboxylic acids is 1. The number of carbonyl (C=O) groups is 1. The molecule has 0 N–H and O–H groups in total. The highest BCUT2D eigenvalue weighted by atomic mass is 16.1. The first-order valence-electron chi connectivity index (χ1n) is 8.09. The number of hydrogen-bond donors (Lipinski definition) is 0. The monoisotopic (exact) mass is 274 g/mol. The van der Waals surface area contributed by atoms with Gasteiger partial charge in [0.1, 0.15) is 5.78 Å². The number of rotatable bonds is 9. The van der Waals surface area contributed by atoms with E-state index >= 15 is 0 Å². The normalized spacial score (nSPS) is 11.3. The Morgan fingerprint density at radius 1 is 0.900 bits per heavy atom. The smallest absolute Gasteiger partial charge is 0.135 e. The largest absolute Gasteiger partial charge is 0.299 e. The summed E-state index contributed by atoms with van der Waals surface area (Å²) in [4.78, 5) is 11.5. The molecular weight excluding hydrogens is 244 g/mol. The first kappa shape index (κ1) is 16.9. The summed E-state index contributed by atoms with van der Waals surface area (Å²) in [7, 11) is 0. The van der Waals surface area contributed by atoms with Crippen LogP contribution in [-0.4, -0.2) is 5.78 Å². The Morgan fingerprint density at radius 3 is 1.95 bits per heavy atom. The van der Waals surface area contributed by atoms with Crippen molar-refractivity contribution in [1.82, 2.24) is 0 Å². The Hall–Kier alpha value is -1.11. The molecule has 0 aliphatic heterocycles. The van der Waals surface area contributed by atoms with Gasteiger partial charge in [0.2, 0.25) is 0 Å². The molecule has 0 bridgehead atoms. The SMILES string of the molecule is CC(C)CCc1ccc(CCCCC(=O)C(C)C)cc1. The van der Waals surface area contributed by atoms with Gasteiger partial charge < -0.3 is 0 Å². The van der Waals surface area contributed by atoms with Crippen LogP contribution in [0.2, 0.25) is 0 Å². The van der Waals surface area contributed by atoms with Crippen LogP contribution in [0.5, 0.6) is 0 Å². The maximum Gasteiger partial charge on any atom is 0.135 e. The van der Waals surface area contributed by atoms with Crippen LogP contribution >= 0.6 is 0 Å². The molecule has 1 aromatic carbocycles. The molecule has 1 heteroatoms. The fourth-order valence-corrected chi connectivity index (χ4v) is 2.24. The van der Waals surface area contributed by atoms with Crippen LogP contribution < -0.4 is 0 Å². The molecule has 0 saturated carbocycles. The summed E-state index contributed by atoms with van der Waals surface area (Å²) in [6.07, 6.45) is 6.41. The van der Waals surface area contributed by atoms with E-state index in [1.54, 1.807) is 0 Å². The Balaban J connectivity index is 2.26. The van der Waals surface area contributed by atoms with Crippen molar-refractivity contribution in [3.8, 4) is 0 Å². The minimum Gasteiger partial charge on any atom is -0.299 e. The maximum absolute atomic E-state index is 11.5. The van der Waals surface area contributed by atoms with E-state index in [2.05, 4.69) is 38.1 Å². The van der Waals surface area contributed by atoms with Crippen LogP contribution in [0.25, 0.3) is 0 Å². The van der Waals surface area contributed by atoms with Crippen molar-refractivity contribution in [2.75, 3.05) is 0 Å². The Bertz CT molecular complexity index is 387. The average molecular weight is 274 g/mol. The Kier molecular flexibility index (Phi) is 7.58. The third-order valence-electron chi connectivity index (χ3n) is 3.82. The van der Waals surface area contributed by atoms with Gasteiger partial charge in [-0.3, -0.25) is 4.79 Å². The highest BCUT2D eigenvalue weighted by molar-refractivity contribution is 5.80. The molecule has 1 rings (SSSR count). The second-order valence-electron chi connectivity index (χ2n) is 6.58. The fraction of sp³-hybridized carbons (Fsp3) is 0.632. The van der Waals surface area contributed by atoms with Crippen LogP contribution in [0.4, 0.5) is 0 Å². The van der Waals surface area contributed by atoms with Gasteiger partial charge in [-0.15, -0.1) is 0 Å². The van der Waals surface area contributed by atoms with Gasteiger partial charge in [0, 0.05) is 12.3 Å². The lowest BCUT2D eigenvalue weighted by molar-refractivity contribution is -0.122. The molecule has 0 aromatic heterocycles. The molecule has 0 radical (unpaired) electrons. The molecule has 112 valence electrons. The van der Waals surface area contributed by atoms with Crippen molar-refractivity contribution in [2.24, 2.45) is 11.8 Å². The quantitative estimate of drug-likeness (QED) is 0.565. The molecule has 1 aromatic rings. The van der Waals surface area contributed by atoms with E-state index in [-0.39, 0.29) is 5.92 Å². The van der Waals surface area contributed by atoms with Gasteiger partial charge in [-0.25, -0.2) is 0 Å². The maximum atomic E-state index is 11.5. The molecular formula is C19H30O. The standard InChI is InChI=1S/C19H30O/c1-15(2)9-10-18-13-11-17(12-14-18)7-5-6-8-19(20)16(3)4/h11-16H,5-10H2,1-4H3. The molecule has 0 atom stereocenters. The number of hydrogen-bond acceptors (Lipinski definition) is 1. The summed E-state index contributed by atoms with van der Waals surface area (Å²) in [6, 6.07) is 9.02. The van der Waals surface area contributed by atoms with E-state index in [9.17, 15) is 4.79 Å². The van der Waals surface area contributed by atoms with Crippen LogP contribution in [0.1, 0.15) is 64.5 Å². The summed E-state index contributed by atoms with van der Waals surface area (Å²) in [6.45, 7) is 8.51. The van der Waals surface area contributed by atoms with Crippen LogP contribution in [0, 0.1) is 11.8 Å². The fourth-order valence-electron chi connectivity index (χ4n) is 2.24. The predicted molar refractivity (Wildman–Crippen MR) is 87.0 cm³/mol. The zero-order valence-corrected chi connectivity index (χ0v) is 13.6. The first-order valence-corrected chi connectivity index (χ1v) is 8.09. The second kappa shape index (κ2) is 8.94. The number of unbranched alkanes of at least 4 members (excludes halogenated alkanes) is 1. The van der Waals surface area contributed by atoms with Crippen LogP contribution in [-0.2, 0) is 17.6 Å². The predicted octanol–water partition coefficient (Wildman–Crippen LogP) is 5.21. The number of ketones is 1. The molecule has 20 heavy (non-hydrogen) atoms. The minimum absolute atomic E-state index is 0.190. The van der Waals surface area contributed by atoms with Crippen LogP contribution in [0.3, 0.4) is 0 Å². The van der Waals surface area contributed by atoms with Gasteiger partial charge in [0.15, 0.2) is 0 Å². The van der Waals surface area contributed by atoms with E-state index < -0.39 is 0 Å². The molecule has 0 aliphatic rings. The molecule has 0 amide bonds. The highest BCUT2D eigenvalue weighted by Crippen LogP contribution is 2.13. The third kappa shape index (κ3) is 6.88. The summed E-state index contributed by atoms with van der Waals surface area (Å²) < 4.78 is 0.